The van der Waals surface area contributed by atoms with Gasteiger partial charge in [-0.25, -0.2) is 4.39 Å². The first kappa shape index (κ1) is 29.8. The maximum absolute atomic E-state index is 15.1. The van der Waals surface area contributed by atoms with E-state index >= 15 is 4.39 Å². The van der Waals surface area contributed by atoms with Gasteiger partial charge < -0.3 is 30.2 Å². The molecule has 222 valence electrons. The van der Waals surface area contributed by atoms with Crippen LogP contribution in [0.3, 0.4) is 0 Å². The van der Waals surface area contributed by atoms with Gasteiger partial charge in [0.25, 0.3) is 0 Å². The Bertz CT molecular complexity index is 1610. The van der Waals surface area contributed by atoms with Crippen molar-refractivity contribution in [1.82, 2.24) is 15.6 Å². The first-order valence-corrected chi connectivity index (χ1v) is 14.3. The molecule has 9 nitrogen and oxygen atoms in total. The quantitative estimate of drug-likeness (QED) is 0.204. The lowest BCUT2D eigenvalue weighted by Crippen LogP contribution is -2.37. The van der Waals surface area contributed by atoms with Crippen molar-refractivity contribution in [3.63, 3.8) is 0 Å². The highest BCUT2D eigenvalue weighted by Crippen LogP contribution is 2.38. The normalized spacial score (nSPS) is 14.1. The molecular weight excluding hydrogens is 550 g/mol. The number of pyridine rings is 1. The van der Waals surface area contributed by atoms with Crippen molar-refractivity contribution in [2.24, 2.45) is 5.92 Å². The zero-order valence-corrected chi connectivity index (χ0v) is 24.4. The number of ether oxygens (including phenoxy) is 3. The summed E-state index contributed by atoms with van der Waals surface area (Å²) in [7, 11) is 3.53. The van der Waals surface area contributed by atoms with Crippen molar-refractivity contribution in [2.75, 3.05) is 32.1 Å². The van der Waals surface area contributed by atoms with E-state index in [0.29, 0.717) is 40.7 Å². The number of rotatable bonds is 9. The number of amides is 2. The second kappa shape index (κ2) is 13.6. The van der Waals surface area contributed by atoms with E-state index in [9.17, 15) is 9.59 Å². The molecule has 3 N–H and O–H groups in total. The molecular formula is C32H34BFN4O5. The number of carbonyl (C=O) groups is 2. The van der Waals surface area contributed by atoms with E-state index in [4.69, 9.17) is 14.2 Å². The predicted molar refractivity (Wildman–Crippen MR) is 166 cm³/mol. The SMILES string of the molecule is Bc1ccc(C(C)NC(=O)C(=O)Nc2ccc(Oc3ccnc4cc(OCC5CCNCC5)c(OC)cc34)c(F)c2)cc1. The van der Waals surface area contributed by atoms with Crippen molar-refractivity contribution < 1.29 is 28.2 Å². The Morgan fingerprint density at radius 1 is 1.00 bits per heavy atom. The van der Waals surface area contributed by atoms with Gasteiger partial charge in [0.1, 0.15) is 13.6 Å². The van der Waals surface area contributed by atoms with Gasteiger partial charge in [-0.15, -0.1) is 0 Å². The van der Waals surface area contributed by atoms with Gasteiger partial charge in [-0.3, -0.25) is 14.6 Å². The van der Waals surface area contributed by atoms with Gasteiger partial charge >= 0.3 is 11.8 Å². The van der Waals surface area contributed by atoms with Crippen molar-refractivity contribution in [3.05, 3.63) is 78.2 Å². The van der Waals surface area contributed by atoms with Crippen LogP contribution in [0.2, 0.25) is 0 Å². The van der Waals surface area contributed by atoms with Crippen LogP contribution in [0.25, 0.3) is 10.9 Å². The number of benzene rings is 3. The summed E-state index contributed by atoms with van der Waals surface area (Å²) in [4.78, 5) is 29.4. The first-order valence-electron chi connectivity index (χ1n) is 14.3. The maximum Gasteiger partial charge on any atom is 0.313 e. The second-order valence-electron chi connectivity index (χ2n) is 10.6. The molecule has 1 unspecified atom stereocenters. The van der Waals surface area contributed by atoms with E-state index in [1.807, 2.05) is 32.1 Å². The van der Waals surface area contributed by atoms with E-state index in [1.54, 1.807) is 38.4 Å². The van der Waals surface area contributed by atoms with Gasteiger partial charge in [0.15, 0.2) is 23.1 Å². The zero-order valence-electron chi connectivity index (χ0n) is 24.4. The number of halogens is 1. The van der Waals surface area contributed by atoms with Crippen molar-refractivity contribution >= 4 is 41.7 Å². The molecule has 0 spiro atoms. The van der Waals surface area contributed by atoms with Crippen LogP contribution in [0, 0.1) is 11.7 Å². The van der Waals surface area contributed by atoms with Crippen LogP contribution in [0.1, 0.15) is 31.4 Å². The smallest absolute Gasteiger partial charge is 0.313 e. The fourth-order valence-corrected chi connectivity index (χ4v) is 4.91. The summed E-state index contributed by atoms with van der Waals surface area (Å²) >= 11 is 0. The summed E-state index contributed by atoms with van der Waals surface area (Å²) in [6.07, 6.45) is 3.69. The molecule has 1 aliphatic heterocycles. The van der Waals surface area contributed by atoms with E-state index in [-0.39, 0.29) is 17.5 Å². The molecule has 2 amide bonds. The summed E-state index contributed by atoms with van der Waals surface area (Å²) in [6.45, 7) is 4.33. The molecule has 1 aromatic heterocycles. The zero-order chi connectivity index (χ0) is 30.3. The number of aromatic nitrogens is 1. The third-order valence-electron chi connectivity index (χ3n) is 7.46. The molecule has 0 bridgehead atoms. The number of carbonyl (C=O) groups excluding carboxylic acids is 2. The van der Waals surface area contributed by atoms with E-state index in [2.05, 4.69) is 20.9 Å². The molecule has 11 heteroatoms. The number of nitrogens with zero attached hydrogens (tertiary/aromatic N) is 1. The Kier molecular flexibility index (Phi) is 9.41. The summed E-state index contributed by atoms with van der Waals surface area (Å²) in [5.74, 6) is -0.569. The Morgan fingerprint density at radius 2 is 1.77 bits per heavy atom. The lowest BCUT2D eigenvalue weighted by atomic mass is 9.94. The second-order valence-corrected chi connectivity index (χ2v) is 10.6. The highest BCUT2D eigenvalue weighted by molar-refractivity contribution is 6.39. The number of piperidine rings is 1. The molecule has 1 atom stereocenters. The van der Waals surface area contributed by atoms with Crippen molar-refractivity contribution in [1.29, 1.82) is 0 Å². The molecule has 2 heterocycles. The molecule has 1 aliphatic rings. The van der Waals surface area contributed by atoms with Crippen LogP contribution in [0.4, 0.5) is 10.1 Å². The van der Waals surface area contributed by atoms with Crippen LogP contribution in [-0.2, 0) is 9.59 Å². The number of nitrogens with one attached hydrogen (secondary N) is 3. The highest BCUT2D eigenvalue weighted by atomic mass is 19.1. The van der Waals surface area contributed by atoms with Crippen LogP contribution >= 0.6 is 0 Å². The van der Waals surface area contributed by atoms with Gasteiger partial charge in [-0.1, -0.05) is 29.7 Å². The van der Waals surface area contributed by atoms with Crippen LogP contribution in [0.5, 0.6) is 23.0 Å². The Hall–Kier alpha value is -4.64. The summed E-state index contributed by atoms with van der Waals surface area (Å²) in [5, 5.41) is 9.06. The van der Waals surface area contributed by atoms with Gasteiger partial charge in [-0.2, -0.15) is 0 Å². The van der Waals surface area contributed by atoms with Crippen LogP contribution in [0.15, 0.2) is 66.9 Å². The van der Waals surface area contributed by atoms with Crippen LogP contribution < -0.4 is 35.6 Å². The van der Waals surface area contributed by atoms with E-state index in [1.165, 1.54) is 12.1 Å². The Balaban J connectivity index is 1.25. The molecule has 3 aromatic carbocycles. The van der Waals surface area contributed by atoms with Crippen molar-refractivity contribution in [2.45, 2.75) is 25.8 Å². The number of fused-ring (bicyclic) bond motifs is 1. The maximum atomic E-state index is 15.1. The van der Waals surface area contributed by atoms with Gasteiger partial charge in [0.2, 0.25) is 0 Å². The number of methoxy groups -OCH3 is 1. The molecule has 43 heavy (non-hydrogen) atoms. The third kappa shape index (κ3) is 7.42. The van der Waals surface area contributed by atoms with E-state index in [0.717, 1.165) is 43.0 Å². The molecule has 5 rings (SSSR count). The summed E-state index contributed by atoms with van der Waals surface area (Å²) < 4.78 is 32.7. The minimum atomic E-state index is -0.905. The Labute approximate surface area is 250 Å². The summed E-state index contributed by atoms with van der Waals surface area (Å²) in [5.41, 5.74) is 2.67. The standard InChI is InChI=1S/C32H34BFN4O5/c1-19(21-3-5-22(33)6-4-21)37-31(39)32(40)38-23-7-8-28(25(34)15-23)43-27-11-14-36-26-17-30(29(41-2)16-24(26)27)42-18-20-9-12-35-13-10-20/h3-8,11,14-17,19-20,35H,9-10,12-13,18,33H2,1-2H3,(H,37,39)(H,38,40). The first-order chi connectivity index (χ1) is 20.8. The molecule has 4 aromatic rings. The minimum Gasteiger partial charge on any atom is -0.493 e. The van der Waals surface area contributed by atoms with Gasteiger partial charge in [-0.05, 0) is 68.6 Å². The molecule has 1 fully saturated rings. The monoisotopic (exact) mass is 584 g/mol. The number of hydrogen-bond acceptors (Lipinski definition) is 7. The van der Waals surface area contributed by atoms with Gasteiger partial charge in [0, 0.05) is 29.4 Å². The lowest BCUT2D eigenvalue weighted by Gasteiger charge is -2.23. The summed E-state index contributed by atoms with van der Waals surface area (Å²) in [6, 6.07) is 16.4. The number of hydrogen-bond donors (Lipinski definition) is 3. The largest absolute Gasteiger partial charge is 0.493 e. The highest BCUT2D eigenvalue weighted by Gasteiger charge is 2.20. The molecule has 0 radical (unpaired) electrons. The van der Waals surface area contributed by atoms with Crippen LogP contribution in [-0.4, -0.2) is 51.5 Å². The van der Waals surface area contributed by atoms with Gasteiger partial charge in [0.05, 0.1) is 25.3 Å². The number of anilines is 1. The molecule has 1 saturated heterocycles. The topological polar surface area (TPSA) is 111 Å². The average Bonchev–Trinajstić information content (AvgIpc) is 3.01. The van der Waals surface area contributed by atoms with Crippen molar-refractivity contribution in [3.8, 4) is 23.0 Å². The average molecular weight is 584 g/mol. The minimum absolute atomic E-state index is 0.0619. The fourth-order valence-electron chi connectivity index (χ4n) is 4.91. The lowest BCUT2D eigenvalue weighted by molar-refractivity contribution is -0.136. The Morgan fingerprint density at radius 3 is 2.49 bits per heavy atom. The molecule has 0 aliphatic carbocycles. The van der Waals surface area contributed by atoms with E-state index < -0.39 is 17.6 Å². The third-order valence-corrected chi connectivity index (χ3v) is 7.46. The fraction of sp³-hybridized carbons (Fsp3) is 0.281. The predicted octanol–water partition coefficient (Wildman–Crippen LogP) is 3.63. The molecule has 0 saturated carbocycles.